The molecule has 3 nitrogen and oxygen atoms in total. The van der Waals surface area contributed by atoms with Crippen LogP contribution in [0.2, 0.25) is 0 Å². The average molecular weight is 254 g/mol. The van der Waals surface area contributed by atoms with Crippen molar-refractivity contribution in [3.8, 4) is 23.6 Å². The Balaban J connectivity index is 2.75. The number of pyridine rings is 1. The average Bonchev–Trinajstić information content (AvgIpc) is 2.46. The molecule has 19 heavy (non-hydrogen) atoms. The van der Waals surface area contributed by atoms with Gasteiger partial charge < -0.3 is 5.32 Å². The first-order valence-electron chi connectivity index (χ1n) is 5.61. The van der Waals surface area contributed by atoms with Gasteiger partial charge in [0.15, 0.2) is 0 Å². The van der Waals surface area contributed by atoms with Gasteiger partial charge in [0, 0.05) is 24.4 Å². The van der Waals surface area contributed by atoms with E-state index in [1.165, 1.54) is 19.3 Å². The van der Waals surface area contributed by atoms with E-state index in [-0.39, 0.29) is 22.7 Å². The molecule has 2 rings (SSSR count). The van der Waals surface area contributed by atoms with Gasteiger partial charge >= 0.3 is 0 Å². The summed E-state index contributed by atoms with van der Waals surface area (Å²) in [7, 11) is 1.49. The minimum atomic E-state index is -0.450. The predicted molar refractivity (Wildman–Crippen MR) is 71.0 cm³/mol. The number of carbonyl (C=O) groups excluding carboxylic acids is 1. The lowest BCUT2D eigenvalue weighted by atomic mass is 10.0. The molecule has 94 valence electrons. The van der Waals surface area contributed by atoms with Gasteiger partial charge in [-0.1, -0.05) is 18.1 Å². The monoisotopic (exact) mass is 254 g/mol. The predicted octanol–water partition coefficient (Wildman–Crippen LogP) is 2.23. The van der Waals surface area contributed by atoms with Crippen molar-refractivity contribution in [3.63, 3.8) is 0 Å². The van der Waals surface area contributed by atoms with Gasteiger partial charge in [0.05, 0.1) is 11.3 Å². The molecule has 0 bridgehead atoms. The molecule has 1 aromatic carbocycles. The number of amides is 1. The van der Waals surface area contributed by atoms with Crippen LogP contribution in [0.1, 0.15) is 15.9 Å². The molecule has 0 aliphatic carbocycles. The number of hydrogen-bond donors (Lipinski definition) is 1. The molecule has 0 spiro atoms. The van der Waals surface area contributed by atoms with Gasteiger partial charge in [-0.3, -0.25) is 9.78 Å². The third-order valence-electron chi connectivity index (χ3n) is 2.69. The van der Waals surface area contributed by atoms with Crippen LogP contribution in [-0.4, -0.2) is 17.9 Å². The van der Waals surface area contributed by atoms with Crippen molar-refractivity contribution in [2.24, 2.45) is 0 Å². The normalized spacial score (nSPS) is 9.74. The number of benzene rings is 1. The highest BCUT2D eigenvalue weighted by molar-refractivity contribution is 6.02. The van der Waals surface area contributed by atoms with Crippen LogP contribution in [0.3, 0.4) is 0 Å². The van der Waals surface area contributed by atoms with Gasteiger partial charge in [-0.2, -0.15) is 0 Å². The van der Waals surface area contributed by atoms with Crippen molar-refractivity contribution in [1.82, 2.24) is 10.3 Å². The van der Waals surface area contributed by atoms with Crippen LogP contribution in [0.15, 0.2) is 36.5 Å². The molecule has 0 atom stereocenters. The van der Waals surface area contributed by atoms with Gasteiger partial charge in [-0.05, 0) is 18.2 Å². The molecule has 0 aliphatic rings. The molecule has 0 fully saturated rings. The van der Waals surface area contributed by atoms with E-state index in [2.05, 4.69) is 16.2 Å². The maximum absolute atomic E-state index is 13.8. The van der Waals surface area contributed by atoms with E-state index in [9.17, 15) is 9.18 Å². The van der Waals surface area contributed by atoms with E-state index in [0.717, 1.165) is 0 Å². The lowest BCUT2D eigenvalue weighted by Crippen LogP contribution is -2.20. The summed E-state index contributed by atoms with van der Waals surface area (Å²) >= 11 is 0. The summed E-state index contributed by atoms with van der Waals surface area (Å²) in [6.45, 7) is 0. The van der Waals surface area contributed by atoms with Crippen LogP contribution in [0.25, 0.3) is 11.3 Å². The van der Waals surface area contributed by atoms with Gasteiger partial charge in [0.25, 0.3) is 5.91 Å². The highest BCUT2D eigenvalue weighted by Gasteiger charge is 2.18. The lowest BCUT2D eigenvalue weighted by Gasteiger charge is -2.10. The Hall–Kier alpha value is -2.67. The third-order valence-corrected chi connectivity index (χ3v) is 2.69. The third kappa shape index (κ3) is 2.31. The van der Waals surface area contributed by atoms with Crippen LogP contribution in [0, 0.1) is 18.2 Å². The molecule has 0 saturated heterocycles. The van der Waals surface area contributed by atoms with Crippen LogP contribution in [0.5, 0.6) is 0 Å². The number of terminal acetylenes is 1. The van der Waals surface area contributed by atoms with E-state index >= 15 is 0 Å². The summed E-state index contributed by atoms with van der Waals surface area (Å²) in [6.07, 6.45) is 6.84. The summed E-state index contributed by atoms with van der Waals surface area (Å²) in [5, 5.41) is 2.49. The molecule has 2 aromatic rings. The Kier molecular flexibility index (Phi) is 3.58. The van der Waals surface area contributed by atoms with Crippen molar-refractivity contribution in [1.29, 1.82) is 0 Å². The van der Waals surface area contributed by atoms with Crippen LogP contribution < -0.4 is 5.32 Å². The lowest BCUT2D eigenvalue weighted by molar-refractivity contribution is 0.0963. The smallest absolute Gasteiger partial charge is 0.254 e. The number of aromatic nitrogens is 1. The maximum Gasteiger partial charge on any atom is 0.254 e. The van der Waals surface area contributed by atoms with E-state index in [0.29, 0.717) is 5.56 Å². The largest absolute Gasteiger partial charge is 0.355 e. The fourth-order valence-electron chi connectivity index (χ4n) is 1.79. The summed E-state index contributed by atoms with van der Waals surface area (Å²) in [4.78, 5) is 16.0. The summed E-state index contributed by atoms with van der Waals surface area (Å²) in [6, 6.07) is 7.67. The zero-order valence-electron chi connectivity index (χ0n) is 10.3. The molecule has 0 aliphatic heterocycles. The molecule has 0 unspecified atom stereocenters. The SMILES string of the molecule is C#Cc1ccnc(-c2ccccc2F)c1C(=O)NC. The minimum Gasteiger partial charge on any atom is -0.355 e. The Morgan fingerprint density at radius 3 is 2.74 bits per heavy atom. The highest BCUT2D eigenvalue weighted by atomic mass is 19.1. The number of nitrogens with zero attached hydrogens (tertiary/aromatic N) is 1. The molecule has 1 N–H and O–H groups in total. The van der Waals surface area contributed by atoms with E-state index in [1.807, 2.05) is 0 Å². The molecular weight excluding hydrogens is 243 g/mol. The van der Waals surface area contributed by atoms with Crippen molar-refractivity contribution in [2.45, 2.75) is 0 Å². The zero-order valence-corrected chi connectivity index (χ0v) is 10.3. The maximum atomic E-state index is 13.8. The second kappa shape index (κ2) is 5.32. The molecule has 1 aromatic heterocycles. The molecule has 1 amide bonds. The Bertz CT molecular complexity index is 674. The Morgan fingerprint density at radius 1 is 1.37 bits per heavy atom. The second-order valence-corrected chi connectivity index (χ2v) is 3.79. The standard InChI is InChI=1S/C15H11FN2O/c1-3-10-8-9-18-14(13(10)15(19)17-2)11-6-4-5-7-12(11)16/h1,4-9H,2H3,(H,17,19). The van der Waals surface area contributed by atoms with Crippen molar-refractivity contribution in [2.75, 3.05) is 7.05 Å². The molecular formula is C15H11FN2O. The van der Waals surface area contributed by atoms with Gasteiger partial charge in [0.1, 0.15) is 5.82 Å². The second-order valence-electron chi connectivity index (χ2n) is 3.79. The van der Waals surface area contributed by atoms with E-state index in [4.69, 9.17) is 6.42 Å². The van der Waals surface area contributed by atoms with Crippen LogP contribution in [0.4, 0.5) is 4.39 Å². The van der Waals surface area contributed by atoms with Crippen molar-refractivity contribution < 1.29 is 9.18 Å². The number of rotatable bonds is 2. The van der Waals surface area contributed by atoms with Crippen LogP contribution >= 0.6 is 0 Å². The fourth-order valence-corrected chi connectivity index (χ4v) is 1.79. The molecule has 0 saturated carbocycles. The number of nitrogens with one attached hydrogen (secondary N) is 1. The first kappa shape index (κ1) is 12.8. The zero-order chi connectivity index (χ0) is 13.8. The Labute approximate surface area is 110 Å². The summed E-state index contributed by atoms with van der Waals surface area (Å²) in [5.74, 6) is 1.58. The van der Waals surface area contributed by atoms with Crippen molar-refractivity contribution >= 4 is 5.91 Å². The van der Waals surface area contributed by atoms with Crippen molar-refractivity contribution in [3.05, 3.63) is 53.5 Å². The minimum absolute atomic E-state index is 0.206. The topological polar surface area (TPSA) is 42.0 Å². The van der Waals surface area contributed by atoms with E-state index < -0.39 is 5.82 Å². The van der Waals surface area contributed by atoms with Crippen LogP contribution in [-0.2, 0) is 0 Å². The number of halogens is 1. The first-order chi connectivity index (χ1) is 9.19. The summed E-state index contributed by atoms with van der Waals surface area (Å²) < 4.78 is 13.8. The molecule has 1 heterocycles. The quantitative estimate of drug-likeness (QED) is 0.835. The Morgan fingerprint density at radius 2 is 2.11 bits per heavy atom. The highest BCUT2D eigenvalue weighted by Crippen LogP contribution is 2.26. The van der Waals surface area contributed by atoms with Gasteiger partial charge in [-0.15, -0.1) is 6.42 Å². The number of hydrogen-bond acceptors (Lipinski definition) is 2. The number of carbonyl (C=O) groups is 1. The van der Waals surface area contributed by atoms with Gasteiger partial charge in [0.2, 0.25) is 0 Å². The summed E-state index contributed by atoms with van der Waals surface area (Å²) in [5.41, 5.74) is 1.08. The van der Waals surface area contributed by atoms with Gasteiger partial charge in [-0.25, -0.2) is 4.39 Å². The fraction of sp³-hybridized carbons (Fsp3) is 0.0667. The molecule has 4 heteroatoms. The van der Waals surface area contributed by atoms with E-state index in [1.54, 1.807) is 24.3 Å². The molecule has 0 radical (unpaired) electrons. The first-order valence-corrected chi connectivity index (χ1v) is 5.61.